The molecule has 1 heterocycles. The standard InChI is InChI=1S/C27H28ClNO4S/c1-3-34-12-11-33-27(32)24-16(2)29-22-14-18(20-9-4-5-10-21(20)28)15-23(31)26(22)25(24)17-7-6-8-19(30)13-17/h4-10,13,18,25,29-30H,3,11-12,14-15H2,1-2H3/t18-,25+/m0/s1. The molecule has 0 fully saturated rings. The van der Waals surface area contributed by atoms with Crippen LogP contribution in [0, 0.1) is 0 Å². The van der Waals surface area contributed by atoms with Crippen molar-refractivity contribution >= 4 is 35.1 Å². The summed E-state index contributed by atoms with van der Waals surface area (Å²) in [4.78, 5) is 26.8. The molecule has 34 heavy (non-hydrogen) atoms. The second kappa shape index (κ2) is 10.7. The summed E-state index contributed by atoms with van der Waals surface area (Å²) in [6.45, 7) is 4.19. The van der Waals surface area contributed by atoms with E-state index < -0.39 is 11.9 Å². The van der Waals surface area contributed by atoms with E-state index in [2.05, 4.69) is 12.2 Å². The van der Waals surface area contributed by atoms with Gasteiger partial charge in [-0.3, -0.25) is 4.79 Å². The summed E-state index contributed by atoms with van der Waals surface area (Å²) in [5.41, 5.74) is 4.07. The van der Waals surface area contributed by atoms with Crippen LogP contribution in [0.25, 0.3) is 0 Å². The van der Waals surface area contributed by atoms with E-state index in [0.717, 1.165) is 17.0 Å². The lowest BCUT2D eigenvalue weighted by Crippen LogP contribution is -2.36. The Morgan fingerprint density at radius 2 is 2.00 bits per heavy atom. The molecular weight excluding hydrogens is 470 g/mol. The van der Waals surface area contributed by atoms with Crippen molar-refractivity contribution < 1.29 is 19.4 Å². The molecule has 0 saturated heterocycles. The van der Waals surface area contributed by atoms with Crippen molar-refractivity contribution in [3.63, 3.8) is 0 Å². The number of carbonyl (C=O) groups excluding carboxylic acids is 2. The van der Waals surface area contributed by atoms with E-state index in [1.54, 1.807) is 30.0 Å². The largest absolute Gasteiger partial charge is 0.508 e. The number of ether oxygens (including phenoxy) is 1. The highest BCUT2D eigenvalue weighted by Gasteiger charge is 2.41. The highest BCUT2D eigenvalue weighted by atomic mass is 35.5. The molecule has 2 aromatic rings. The summed E-state index contributed by atoms with van der Waals surface area (Å²) in [5.74, 6) is 0.614. The van der Waals surface area contributed by atoms with Crippen LogP contribution in [0.1, 0.15) is 49.7 Å². The molecule has 0 bridgehead atoms. The number of dihydropyridines is 1. The first-order valence-corrected chi connectivity index (χ1v) is 13.0. The van der Waals surface area contributed by atoms with E-state index in [-0.39, 0.29) is 17.5 Å². The average molecular weight is 498 g/mol. The van der Waals surface area contributed by atoms with Crippen LogP contribution in [0.3, 0.4) is 0 Å². The number of esters is 1. The zero-order chi connectivity index (χ0) is 24.2. The molecule has 0 spiro atoms. The highest BCUT2D eigenvalue weighted by molar-refractivity contribution is 7.99. The Hall–Kier alpha value is -2.70. The van der Waals surface area contributed by atoms with Crippen molar-refractivity contribution in [2.75, 3.05) is 18.1 Å². The Morgan fingerprint density at radius 3 is 2.74 bits per heavy atom. The van der Waals surface area contributed by atoms with Crippen LogP contribution in [-0.2, 0) is 14.3 Å². The molecule has 5 nitrogen and oxygen atoms in total. The molecule has 1 aliphatic carbocycles. The number of rotatable bonds is 7. The fourth-order valence-electron chi connectivity index (χ4n) is 4.79. The van der Waals surface area contributed by atoms with Gasteiger partial charge in [-0.2, -0.15) is 11.8 Å². The maximum Gasteiger partial charge on any atom is 0.336 e. The van der Waals surface area contributed by atoms with Crippen molar-refractivity contribution in [3.8, 4) is 5.75 Å². The number of allylic oxidation sites excluding steroid dienone is 3. The molecule has 1 aliphatic heterocycles. The number of carbonyl (C=O) groups is 2. The summed E-state index contributed by atoms with van der Waals surface area (Å²) < 4.78 is 5.59. The van der Waals surface area contributed by atoms with Gasteiger partial charge in [0.25, 0.3) is 0 Å². The number of benzene rings is 2. The molecule has 0 aromatic heterocycles. The maximum absolute atomic E-state index is 13.6. The second-order valence-electron chi connectivity index (χ2n) is 8.47. The first-order valence-electron chi connectivity index (χ1n) is 11.4. The van der Waals surface area contributed by atoms with Gasteiger partial charge in [-0.1, -0.05) is 48.9 Å². The molecule has 2 atom stereocenters. The average Bonchev–Trinajstić information content (AvgIpc) is 2.81. The molecule has 178 valence electrons. The number of phenolic OH excluding ortho intramolecular Hbond substituents is 1. The van der Waals surface area contributed by atoms with Gasteiger partial charge in [0.05, 0.1) is 5.57 Å². The molecular formula is C27H28ClNO4S. The van der Waals surface area contributed by atoms with Gasteiger partial charge in [0.15, 0.2) is 5.78 Å². The van der Waals surface area contributed by atoms with Crippen molar-refractivity contribution in [2.24, 2.45) is 0 Å². The van der Waals surface area contributed by atoms with Crippen LogP contribution in [0.5, 0.6) is 5.75 Å². The number of hydrogen-bond acceptors (Lipinski definition) is 6. The first kappa shape index (κ1) is 24.4. The van der Waals surface area contributed by atoms with E-state index in [9.17, 15) is 14.7 Å². The minimum atomic E-state index is -0.602. The molecule has 0 unspecified atom stereocenters. The van der Waals surface area contributed by atoms with Gasteiger partial charge in [-0.15, -0.1) is 0 Å². The van der Waals surface area contributed by atoms with Gasteiger partial charge in [0, 0.05) is 40.1 Å². The number of thioether (sulfide) groups is 1. The van der Waals surface area contributed by atoms with Gasteiger partial charge >= 0.3 is 5.97 Å². The van der Waals surface area contributed by atoms with Gasteiger partial charge in [0.1, 0.15) is 12.4 Å². The van der Waals surface area contributed by atoms with Crippen molar-refractivity contribution in [1.29, 1.82) is 0 Å². The van der Waals surface area contributed by atoms with Crippen LogP contribution >= 0.6 is 23.4 Å². The summed E-state index contributed by atoms with van der Waals surface area (Å²) in [6, 6.07) is 14.3. The Bertz CT molecular complexity index is 1170. The number of phenols is 1. The number of aromatic hydroxyl groups is 1. The van der Waals surface area contributed by atoms with Gasteiger partial charge in [0.2, 0.25) is 0 Å². The summed E-state index contributed by atoms with van der Waals surface area (Å²) in [7, 11) is 0. The molecule has 2 aromatic carbocycles. The third-order valence-corrected chi connectivity index (χ3v) is 7.47. The second-order valence-corrected chi connectivity index (χ2v) is 10.3. The topological polar surface area (TPSA) is 75.6 Å². The predicted octanol–water partition coefficient (Wildman–Crippen LogP) is 5.70. The van der Waals surface area contributed by atoms with Crippen LogP contribution in [0.15, 0.2) is 71.1 Å². The van der Waals surface area contributed by atoms with Crippen LogP contribution in [0.2, 0.25) is 5.02 Å². The molecule has 0 amide bonds. The Morgan fingerprint density at radius 1 is 1.21 bits per heavy atom. The maximum atomic E-state index is 13.6. The highest BCUT2D eigenvalue weighted by Crippen LogP contribution is 2.46. The van der Waals surface area contributed by atoms with Crippen molar-refractivity contribution in [3.05, 3.63) is 87.2 Å². The summed E-state index contributed by atoms with van der Waals surface area (Å²) >= 11 is 8.14. The Kier molecular flexibility index (Phi) is 7.69. The van der Waals surface area contributed by atoms with Crippen LogP contribution in [0.4, 0.5) is 0 Å². The van der Waals surface area contributed by atoms with Crippen molar-refractivity contribution in [2.45, 2.75) is 38.5 Å². The number of halogens is 1. The van der Waals surface area contributed by atoms with Crippen LogP contribution < -0.4 is 5.32 Å². The van der Waals surface area contributed by atoms with E-state index in [4.69, 9.17) is 16.3 Å². The number of Topliss-reactive ketones (excluding diaryl/α,β-unsaturated/α-hetero) is 1. The van der Waals surface area contributed by atoms with E-state index >= 15 is 0 Å². The first-order chi connectivity index (χ1) is 16.4. The minimum Gasteiger partial charge on any atom is -0.508 e. The third-order valence-electron chi connectivity index (χ3n) is 6.26. The van der Waals surface area contributed by atoms with Crippen molar-refractivity contribution in [1.82, 2.24) is 5.32 Å². The molecule has 0 radical (unpaired) electrons. The molecule has 7 heteroatoms. The number of nitrogens with one attached hydrogen (secondary N) is 1. The monoisotopic (exact) mass is 497 g/mol. The molecule has 2 N–H and O–H groups in total. The molecule has 0 saturated carbocycles. The minimum absolute atomic E-state index is 0.0358. The lowest BCUT2D eigenvalue weighted by atomic mass is 9.71. The fraction of sp³-hybridized carbons (Fsp3) is 0.333. The Labute approximate surface area is 209 Å². The zero-order valence-corrected chi connectivity index (χ0v) is 20.8. The molecule has 4 rings (SSSR count). The number of ketones is 1. The van der Waals surface area contributed by atoms with Crippen LogP contribution in [-0.4, -0.2) is 35.0 Å². The normalized spacial score (nSPS) is 20.1. The SMILES string of the molecule is CCSCCOC(=O)C1=C(C)NC2=C(C(=O)C[C@@H](c3ccccc3Cl)C2)[C@@H]1c1cccc(O)c1. The Balaban J connectivity index is 1.73. The predicted molar refractivity (Wildman–Crippen MR) is 136 cm³/mol. The lowest BCUT2D eigenvalue weighted by molar-refractivity contribution is -0.138. The van der Waals surface area contributed by atoms with Gasteiger partial charge in [-0.25, -0.2) is 4.79 Å². The van der Waals surface area contributed by atoms with Gasteiger partial charge in [-0.05, 0) is 54.3 Å². The van der Waals surface area contributed by atoms with E-state index in [1.165, 1.54) is 0 Å². The lowest BCUT2D eigenvalue weighted by Gasteiger charge is -2.37. The van der Waals surface area contributed by atoms with E-state index in [0.29, 0.717) is 52.6 Å². The smallest absolute Gasteiger partial charge is 0.336 e. The summed E-state index contributed by atoms with van der Waals surface area (Å²) in [6.07, 6.45) is 0.904. The number of hydrogen-bond donors (Lipinski definition) is 2. The molecule has 2 aliphatic rings. The quantitative estimate of drug-likeness (QED) is 0.377. The third kappa shape index (κ3) is 5.03. The van der Waals surface area contributed by atoms with Gasteiger partial charge < -0.3 is 15.2 Å². The van der Waals surface area contributed by atoms with E-state index in [1.807, 2.05) is 37.3 Å². The summed E-state index contributed by atoms with van der Waals surface area (Å²) in [5, 5.41) is 14.1. The zero-order valence-electron chi connectivity index (χ0n) is 19.3. The fourth-order valence-corrected chi connectivity index (χ4v) is 5.57.